The van der Waals surface area contributed by atoms with Gasteiger partial charge in [-0.15, -0.1) is 0 Å². The van der Waals surface area contributed by atoms with E-state index in [1.807, 2.05) is 0 Å². The van der Waals surface area contributed by atoms with E-state index in [2.05, 4.69) is 0 Å². The lowest BCUT2D eigenvalue weighted by molar-refractivity contribution is 0.273. The lowest BCUT2D eigenvalue weighted by Gasteiger charge is -2.05. The van der Waals surface area contributed by atoms with Gasteiger partial charge < -0.3 is 15.2 Å². The smallest absolute Gasteiger partial charge is 0.423 e. The van der Waals surface area contributed by atoms with Gasteiger partial charge in [0.25, 0.3) is 0 Å². The van der Waals surface area contributed by atoms with E-state index < -0.39 is 30.8 Å². The van der Waals surface area contributed by atoms with Gasteiger partial charge in [-0.3, -0.25) is 0 Å². The summed E-state index contributed by atoms with van der Waals surface area (Å²) in [4.78, 5) is 0. The minimum atomic E-state index is -2.05. The van der Waals surface area contributed by atoms with Crippen molar-refractivity contribution in [3.05, 3.63) is 29.3 Å². The molecule has 0 atom stereocenters. The monoisotopic (exact) mass is 188 g/mol. The molecule has 6 heteroatoms. The highest BCUT2D eigenvalue weighted by Gasteiger charge is 2.20. The van der Waals surface area contributed by atoms with Crippen LogP contribution in [0.3, 0.4) is 0 Å². The lowest BCUT2D eigenvalue weighted by Crippen LogP contribution is -2.33. The summed E-state index contributed by atoms with van der Waals surface area (Å²) in [5, 5.41) is 25.7. The Morgan fingerprint density at radius 1 is 1.15 bits per heavy atom. The first-order chi connectivity index (χ1) is 6.07. The first-order valence-electron chi connectivity index (χ1n) is 3.51. The van der Waals surface area contributed by atoms with Crippen molar-refractivity contribution in [2.24, 2.45) is 0 Å². The average Bonchev–Trinajstić information content (AvgIpc) is 2.09. The van der Waals surface area contributed by atoms with Gasteiger partial charge in [-0.05, 0) is 0 Å². The summed E-state index contributed by atoms with van der Waals surface area (Å²) in [5.74, 6) is -2.60. The molecule has 1 aromatic rings. The first kappa shape index (κ1) is 10.1. The molecular weight excluding hydrogens is 181 g/mol. The largest absolute Gasteiger partial charge is 0.491 e. The van der Waals surface area contributed by atoms with Gasteiger partial charge in [0.05, 0.1) is 6.61 Å². The van der Waals surface area contributed by atoms with Crippen molar-refractivity contribution >= 4 is 12.6 Å². The molecule has 0 saturated carbocycles. The quantitative estimate of drug-likeness (QED) is 0.529. The van der Waals surface area contributed by atoms with E-state index in [0.29, 0.717) is 0 Å². The Morgan fingerprint density at radius 2 is 1.77 bits per heavy atom. The Morgan fingerprint density at radius 3 is 2.23 bits per heavy atom. The van der Waals surface area contributed by atoms with Crippen LogP contribution in [0.5, 0.6) is 0 Å². The van der Waals surface area contributed by atoms with Crippen LogP contribution in [-0.4, -0.2) is 22.3 Å². The van der Waals surface area contributed by atoms with Gasteiger partial charge in [0.1, 0.15) is 0 Å². The van der Waals surface area contributed by atoms with Crippen molar-refractivity contribution in [2.45, 2.75) is 6.61 Å². The minimum absolute atomic E-state index is 0.220. The number of rotatable bonds is 2. The zero-order valence-corrected chi connectivity index (χ0v) is 6.54. The Labute approximate surface area is 73.4 Å². The minimum Gasteiger partial charge on any atom is -0.423 e. The number of halogens is 2. The van der Waals surface area contributed by atoms with E-state index in [0.717, 1.165) is 12.1 Å². The molecule has 0 aliphatic heterocycles. The van der Waals surface area contributed by atoms with Crippen LogP contribution in [0.25, 0.3) is 0 Å². The highest BCUT2D eigenvalue weighted by molar-refractivity contribution is 6.58. The summed E-state index contributed by atoms with van der Waals surface area (Å²) < 4.78 is 25.8. The van der Waals surface area contributed by atoms with Crippen LogP contribution in [0.4, 0.5) is 8.78 Å². The summed E-state index contributed by atoms with van der Waals surface area (Å²) >= 11 is 0. The fraction of sp³-hybridized carbons (Fsp3) is 0.143. The van der Waals surface area contributed by atoms with Crippen LogP contribution in [0.15, 0.2) is 12.1 Å². The van der Waals surface area contributed by atoms with Crippen LogP contribution in [0, 0.1) is 11.6 Å². The van der Waals surface area contributed by atoms with Crippen LogP contribution >= 0.6 is 0 Å². The summed E-state index contributed by atoms with van der Waals surface area (Å²) in [7, 11) is -2.05. The Bertz CT molecular complexity index is 317. The molecule has 0 unspecified atom stereocenters. The third kappa shape index (κ3) is 1.85. The topological polar surface area (TPSA) is 60.7 Å². The molecule has 3 N–H and O–H groups in total. The van der Waals surface area contributed by atoms with E-state index in [9.17, 15) is 8.78 Å². The molecular formula is C7H7BF2O3. The van der Waals surface area contributed by atoms with E-state index in [1.54, 1.807) is 0 Å². The average molecular weight is 188 g/mol. The van der Waals surface area contributed by atoms with Gasteiger partial charge in [-0.1, -0.05) is 12.1 Å². The predicted molar refractivity (Wildman–Crippen MR) is 42.1 cm³/mol. The maximum absolute atomic E-state index is 12.9. The molecule has 0 aliphatic carbocycles. The molecule has 0 aliphatic rings. The molecule has 0 heterocycles. The molecule has 13 heavy (non-hydrogen) atoms. The molecule has 0 aromatic heterocycles. The zero-order valence-electron chi connectivity index (χ0n) is 6.54. The van der Waals surface area contributed by atoms with E-state index >= 15 is 0 Å². The maximum atomic E-state index is 12.9. The van der Waals surface area contributed by atoms with Crippen LogP contribution in [0.1, 0.15) is 5.56 Å². The molecule has 1 rings (SSSR count). The van der Waals surface area contributed by atoms with Crippen molar-refractivity contribution < 1.29 is 23.9 Å². The number of aliphatic hydroxyl groups is 1. The van der Waals surface area contributed by atoms with Crippen molar-refractivity contribution in [3.63, 3.8) is 0 Å². The number of benzene rings is 1. The lowest BCUT2D eigenvalue weighted by atomic mass is 9.79. The summed E-state index contributed by atoms with van der Waals surface area (Å²) in [6, 6.07) is 2.10. The van der Waals surface area contributed by atoms with Gasteiger partial charge in [-0.25, -0.2) is 8.78 Å². The number of hydrogen-bond donors (Lipinski definition) is 3. The molecule has 0 radical (unpaired) electrons. The SMILES string of the molecule is OCc1ccc(B(O)O)c(F)c1F. The second kappa shape index (κ2) is 3.82. The third-order valence-corrected chi connectivity index (χ3v) is 1.64. The standard InChI is InChI=1S/C7H7BF2O3/c9-6-4(3-11)1-2-5(7(6)10)8(12)13/h1-2,11-13H,3H2. The van der Waals surface area contributed by atoms with Gasteiger partial charge in [0, 0.05) is 11.0 Å². The fourth-order valence-corrected chi connectivity index (χ4v) is 0.926. The summed E-state index contributed by atoms with van der Waals surface area (Å²) in [6.07, 6.45) is 0. The highest BCUT2D eigenvalue weighted by atomic mass is 19.2. The third-order valence-electron chi connectivity index (χ3n) is 1.64. The maximum Gasteiger partial charge on any atom is 0.491 e. The molecule has 0 fully saturated rings. The van der Waals surface area contributed by atoms with Crippen molar-refractivity contribution in [2.75, 3.05) is 0 Å². The molecule has 0 amide bonds. The van der Waals surface area contributed by atoms with Crippen LogP contribution in [-0.2, 0) is 6.61 Å². The molecule has 3 nitrogen and oxygen atoms in total. The molecule has 0 saturated heterocycles. The normalized spacial score (nSPS) is 10.2. The second-order valence-corrected chi connectivity index (χ2v) is 2.47. The first-order valence-corrected chi connectivity index (χ1v) is 3.51. The van der Waals surface area contributed by atoms with Gasteiger partial charge >= 0.3 is 7.12 Å². The van der Waals surface area contributed by atoms with Crippen LogP contribution < -0.4 is 5.46 Å². The predicted octanol–water partition coefficient (Wildman–Crippen LogP) is -0.863. The molecule has 1 aromatic carbocycles. The molecule has 0 bridgehead atoms. The fourth-order valence-electron chi connectivity index (χ4n) is 0.926. The molecule has 0 spiro atoms. The van der Waals surface area contributed by atoms with Crippen molar-refractivity contribution in [1.82, 2.24) is 0 Å². The summed E-state index contributed by atoms with van der Waals surface area (Å²) in [5.41, 5.74) is -0.767. The Kier molecular flexibility index (Phi) is 2.97. The van der Waals surface area contributed by atoms with Gasteiger partial charge in [-0.2, -0.15) is 0 Å². The van der Waals surface area contributed by atoms with Gasteiger partial charge in [0.2, 0.25) is 0 Å². The summed E-state index contributed by atoms with van der Waals surface area (Å²) in [6.45, 7) is -0.634. The van der Waals surface area contributed by atoms with E-state index in [4.69, 9.17) is 15.2 Å². The molecule has 70 valence electrons. The van der Waals surface area contributed by atoms with E-state index in [1.165, 1.54) is 0 Å². The Balaban J connectivity index is 3.23. The number of aliphatic hydroxyl groups excluding tert-OH is 1. The highest BCUT2D eigenvalue weighted by Crippen LogP contribution is 2.09. The van der Waals surface area contributed by atoms with Crippen molar-refractivity contribution in [3.8, 4) is 0 Å². The zero-order chi connectivity index (χ0) is 10.0. The number of hydrogen-bond acceptors (Lipinski definition) is 3. The Hall–Kier alpha value is -0.975. The van der Waals surface area contributed by atoms with Crippen LogP contribution in [0.2, 0.25) is 0 Å². The van der Waals surface area contributed by atoms with Crippen molar-refractivity contribution in [1.29, 1.82) is 0 Å². The van der Waals surface area contributed by atoms with E-state index in [-0.39, 0.29) is 5.56 Å². The van der Waals surface area contributed by atoms with Gasteiger partial charge in [0.15, 0.2) is 11.6 Å². The second-order valence-electron chi connectivity index (χ2n) is 2.47.